The van der Waals surface area contributed by atoms with E-state index in [1.54, 1.807) is 0 Å². The van der Waals surface area contributed by atoms with E-state index < -0.39 is 0 Å². The van der Waals surface area contributed by atoms with Crippen LogP contribution in [0.5, 0.6) is 0 Å². The summed E-state index contributed by atoms with van der Waals surface area (Å²) in [6.07, 6.45) is 4.59. The molecule has 0 aromatic carbocycles. The fourth-order valence-corrected chi connectivity index (χ4v) is 2.36. The monoisotopic (exact) mass is 172 g/mol. The van der Waals surface area contributed by atoms with Gasteiger partial charge < -0.3 is 4.74 Å². The van der Waals surface area contributed by atoms with Crippen LogP contribution in [-0.2, 0) is 4.74 Å². The number of rotatable bonds is 2. The maximum absolute atomic E-state index is 5.71. The van der Waals surface area contributed by atoms with Crippen molar-refractivity contribution in [3.63, 3.8) is 0 Å². The van der Waals surface area contributed by atoms with E-state index in [0.717, 1.165) is 6.42 Å². The Bertz CT molecular complexity index is 178. The first-order valence-corrected chi connectivity index (χ1v) is 4.74. The number of ether oxygens (including phenoxy) is 1. The molecule has 0 saturated carbocycles. The summed E-state index contributed by atoms with van der Waals surface area (Å²) in [7, 11) is 0. The number of halogens is 1. The predicted octanol–water partition coefficient (Wildman–Crippen LogP) is 2.35. The number of alkyl halides is 1. The van der Waals surface area contributed by atoms with E-state index in [0.29, 0.717) is 24.0 Å². The molecule has 0 aromatic heterocycles. The third-order valence-corrected chi connectivity index (χ3v) is 3.15. The van der Waals surface area contributed by atoms with Crippen molar-refractivity contribution >= 4 is 11.6 Å². The van der Waals surface area contributed by atoms with Crippen LogP contribution in [-0.4, -0.2) is 18.1 Å². The lowest BCUT2D eigenvalue weighted by Gasteiger charge is -2.19. The second-order valence-corrected chi connectivity index (χ2v) is 3.78. The minimum absolute atomic E-state index is 0.450. The van der Waals surface area contributed by atoms with E-state index in [9.17, 15) is 0 Å². The van der Waals surface area contributed by atoms with E-state index in [1.807, 2.05) is 0 Å². The molecule has 0 amide bonds. The van der Waals surface area contributed by atoms with Gasteiger partial charge in [-0.05, 0) is 19.3 Å². The lowest BCUT2D eigenvalue weighted by atomic mass is 9.85. The van der Waals surface area contributed by atoms with E-state index >= 15 is 0 Å². The van der Waals surface area contributed by atoms with Gasteiger partial charge in [0, 0.05) is 11.8 Å². The van der Waals surface area contributed by atoms with Gasteiger partial charge in [0.15, 0.2) is 0 Å². The fraction of sp³-hybridized carbons (Fsp3) is 0.778. The zero-order chi connectivity index (χ0) is 7.84. The molecule has 2 fully saturated rings. The third-order valence-electron chi connectivity index (χ3n) is 2.80. The molecule has 2 saturated heterocycles. The molecule has 2 aliphatic heterocycles. The minimum atomic E-state index is 0.450. The summed E-state index contributed by atoms with van der Waals surface area (Å²) in [6.45, 7) is 3.96. The van der Waals surface area contributed by atoms with Crippen molar-refractivity contribution in [3.05, 3.63) is 12.2 Å². The first kappa shape index (κ1) is 7.63. The van der Waals surface area contributed by atoms with Gasteiger partial charge in [-0.1, -0.05) is 12.2 Å². The van der Waals surface area contributed by atoms with Crippen LogP contribution in [0.15, 0.2) is 12.2 Å². The lowest BCUT2D eigenvalue weighted by molar-refractivity contribution is 0.0968. The highest BCUT2D eigenvalue weighted by Gasteiger charge is 2.41. The Morgan fingerprint density at radius 1 is 1.55 bits per heavy atom. The lowest BCUT2D eigenvalue weighted by Crippen LogP contribution is -2.18. The average molecular weight is 173 g/mol. The van der Waals surface area contributed by atoms with Crippen molar-refractivity contribution in [2.45, 2.75) is 31.5 Å². The molecule has 2 heterocycles. The number of hydrogen-bond donors (Lipinski definition) is 0. The summed E-state index contributed by atoms with van der Waals surface area (Å²) < 4.78 is 5.69. The van der Waals surface area contributed by atoms with Crippen LogP contribution in [0.25, 0.3) is 0 Å². The number of hydrogen-bond acceptors (Lipinski definition) is 1. The number of fused-ring (bicyclic) bond motifs is 2. The van der Waals surface area contributed by atoms with Crippen molar-refractivity contribution in [1.82, 2.24) is 0 Å². The Morgan fingerprint density at radius 3 is 2.82 bits per heavy atom. The Morgan fingerprint density at radius 2 is 2.36 bits per heavy atom. The largest absolute Gasteiger partial charge is 0.374 e. The van der Waals surface area contributed by atoms with Gasteiger partial charge in [0.25, 0.3) is 0 Å². The molecule has 11 heavy (non-hydrogen) atoms. The molecule has 2 aliphatic rings. The Balaban J connectivity index is 2.02. The Labute approximate surface area is 72.4 Å². The molecule has 0 aliphatic carbocycles. The zero-order valence-electron chi connectivity index (χ0n) is 6.55. The average Bonchev–Trinajstić information content (AvgIpc) is 2.62. The van der Waals surface area contributed by atoms with Crippen LogP contribution in [0.3, 0.4) is 0 Å². The van der Waals surface area contributed by atoms with Gasteiger partial charge in [-0.2, -0.15) is 0 Å². The van der Waals surface area contributed by atoms with Gasteiger partial charge in [0.2, 0.25) is 0 Å². The second kappa shape index (κ2) is 2.80. The normalized spacial score (nSPS) is 41.4. The third kappa shape index (κ3) is 1.21. The maximum atomic E-state index is 5.71. The molecule has 3 unspecified atom stereocenters. The van der Waals surface area contributed by atoms with E-state index in [2.05, 4.69) is 6.58 Å². The van der Waals surface area contributed by atoms with E-state index in [4.69, 9.17) is 16.3 Å². The SMILES string of the molecule is C=C(CCl)C1CC2CCC1O2. The smallest absolute Gasteiger partial charge is 0.0646 e. The van der Waals surface area contributed by atoms with Crippen LogP contribution in [0.4, 0.5) is 0 Å². The summed E-state index contributed by atoms with van der Waals surface area (Å²) in [5, 5.41) is 0. The van der Waals surface area contributed by atoms with Gasteiger partial charge in [-0.3, -0.25) is 0 Å². The zero-order valence-corrected chi connectivity index (χ0v) is 7.31. The molecule has 3 atom stereocenters. The molecule has 62 valence electrons. The molecule has 0 aromatic rings. The molecule has 0 radical (unpaired) electrons. The van der Waals surface area contributed by atoms with Crippen molar-refractivity contribution < 1.29 is 4.74 Å². The van der Waals surface area contributed by atoms with Crippen LogP contribution in [0.2, 0.25) is 0 Å². The van der Waals surface area contributed by atoms with Crippen LogP contribution in [0.1, 0.15) is 19.3 Å². The molecule has 0 spiro atoms. The predicted molar refractivity (Wildman–Crippen MR) is 45.9 cm³/mol. The van der Waals surface area contributed by atoms with Crippen molar-refractivity contribution in [3.8, 4) is 0 Å². The summed E-state index contributed by atoms with van der Waals surface area (Å²) in [5.74, 6) is 1.16. The van der Waals surface area contributed by atoms with Crippen LogP contribution in [0, 0.1) is 5.92 Å². The second-order valence-electron chi connectivity index (χ2n) is 3.51. The van der Waals surface area contributed by atoms with Gasteiger partial charge in [-0.25, -0.2) is 0 Å². The molecule has 0 N–H and O–H groups in total. The minimum Gasteiger partial charge on any atom is -0.374 e. The van der Waals surface area contributed by atoms with Crippen molar-refractivity contribution in [2.75, 3.05) is 5.88 Å². The summed E-state index contributed by atoms with van der Waals surface area (Å²) in [4.78, 5) is 0. The van der Waals surface area contributed by atoms with Gasteiger partial charge in [0.1, 0.15) is 0 Å². The Kier molecular flexibility index (Phi) is 1.94. The quantitative estimate of drug-likeness (QED) is 0.459. The van der Waals surface area contributed by atoms with Gasteiger partial charge in [0.05, 0.1) is 12.2 Å². The highest BCUT2D eigenvalue weighted by molar-refractivity contribution is 6.19. The van der Waals surface area contributed by atoms with Crippen LogP contribution < -0.4 is 0 Å². The standard InChI is InChI=1S/C9H13ClO/c1-6(5-10)8-4-7-2-3-9(8)11-7/h7-9H,1-5H2. The highest BCUT2D eigenvalue weighted by Crippen LogP contribution is 2.41. The summed E-state index contributed by atoms with van der Waals surface area (Å²) >= 11 is 5.71. The molecular weight excluding hydrogens is 160 g/mol. The van der Waals surface area contributed by atoms with Gasteiger partial charge in [-0.15, -0.1) is 11.6 Å². The summed E-state index contributed by atoms with van der Waals surface area (Å²) in [5.41, 5.74) is 1.17. The van der Waals surface area contributed by atoms with Gasteiger partial charge >= 0.3 is 0 Å². The summed E-state index contributed by atoms with van der Waals surface area (Å²) in [6, 6.07) is 0. The van der Waals surface area contributed by atoms with E-state index in [-0.39, 0.29) is 0 Å². The first-order valence-electron chi connectivity index (χ1n) is 4.20. The molecule has 1 nitrogen and oxygen atoms in total. The van der Waals surface area contributed by atoms with E-state index in [1.165, 1.54) is 18.4 Å². The maximum Gasteiger partial charge on any atom is 0.0646 e. The van der Waals surface area contributed by atoms with Crippen molar-refractivity contribution in [1.29, 1.82) is 0 Å². The highest BCUT2D eigenvalue weighted by atomic mass is 35.5. The first-order chi connectivity index (χ1) is 5.31. The molecule has 2 rings (SSSR count). The van der Waals surface area contributed by atoms with Crippen molar-refractivity contribution in [2.24, 2.45) is 5.92 Å². The molecule has 2 bridgehead atoms. The molecular formula is C9H13ClO. The Hall–Kier alpha value is -0.0100. The van der Waals surface area contributed by atoms with Crippen LogP contribution >= 0.6 is 11.6 Å². The molecule has 2 heteroatoms. The topological polar surface area (TPSA) is 9.23 Å². The fourth-order valence-electron chi connectivity index (χ4n) is 2.17.